The summed E-state index contributed by atoms with van der Waals surface area (Å²) in [6.07, 6.45) is 0. The van der Waals surface area contributed by atoms with E-state index in [2.05, 4.69) is 27.9 Å². The highest BCUT2D eigenvalue weighted by atomic mass is 127. The standard InChI is InChI=1S/C12H15IN2O2S/c13-11-1-3-12(4-2-11)18(16,17)15-7-9-5-14-6-10(9)8-15/h1-4,9-10,14H,5-8H2. The van der Waals surface area contributed by atoms with Gasteiger partial charge in [0.25, 0.3) is 0 Å². The van der Waals surface area contributed by atoms with Crippen molar-refractivity contribution in [2.45, 2.75) is 4.90 Å². The smallest absolute Gasteiger partial charge is 0.243 e. The third-order valence-corrected chi connectivity index (χ3v) is 6.37. The molecule has 2 unspecified atom stereocenters. The topological polar surface area (TPSA) is 49.4 Å². The molecule has 0 radical (unpaired) electrons. The van der Waals surface area contributed by atoms with Crippen molar-refractivity contribution < 1.29 is 8.42 Å². The van der Waals surface area contributed by atoms with Crippen LogP contribution in [0.2, 0.25) is 0 Å². The molecular weight excluding hydrogens is 363 g/mol. The first-order valence-electron chi connectivity index (χ1n) is 6.04. The van der Waals surface area contributed by atoms with Crippen molar-refractivity contribution >= 4 is 32.6 Å². The Bertz CT molecular complexity index is 532. The fraction of sp³-hybridized carbons (Fsp3) is 0.500. The molecule has 98 valence electrons. The van der Waals surface area contributed by atoms with Crippen molar-refractivity contribution in [1.29, 1.82) is 0 Å². The van der Waals surface area contributed by atoms with Gasteiger partial charge in [0, 0.05) is 16.7 Å². The van der Waals surface area contributed by atoms with Gasteiger partial charge < -0.3 is 5.32 Å². The van der Waals surface area contributed by atoms with Gasteiger partial charge in [-0.3, -0.25) is 0 Å². The van der Waals surface area contributed by atoms with E-state index in [-0.39, 0.29) is 0 Å². The Morgan fingerprint density at radius 1 is 1.11 bits per heavy atom. The predicted octanol–water partition coefficient (Wildman–Crippen LogP) is 1.13. The second-order valence-corrected chi connectivity index (χ2v) is 8.14. The van der Waals surface area contributed by atoms with E-state index < -0.39 is 10.0 Å². The van der Waals surface area contributed by atoms with Gasteiger partial charge in [-0.2, -0.15) is 4.31 Å². The maximum absolute atomic E-state index is 12.5. The maximum atomic E-state index is 12.5. The summed E-state index contributed by atoms with van der Waals surface area (Å²) in [6, 6.07) is 7.07. The van der Waals surface area contributed by atoms with Crippen LogP contribution in [0.5, 0.6) is 0 Å². The molecule has 2 aliphatic rings. The summed E-state index contributed by atoms with van der Waals surface area (Å²) in [5.41, 5.74) is 0. The van der Waals surface area contributed by atoms with Gasteiger partial charge in [0.05, 0.1) is 4.90 Å². The van der Waals surface area contributed by atoms with Crippen molar-refractivity contribution in [3.05, 3.63) is 27.8 Å². The fourth-order valence-corrected chi connectivity index (χ4v) is 4.68. The summed E-state index contributed by atoms with van der Waals surface area (Å²) in [7, 11) is -3.30. The van der Waals surface area contributed by atoms with Crippen molar-refractivity contribution in [3.8, 4) is 0 Å². The van der Waals surface area contributed by atoms with E-state index in [4.69, 9.17) is 0 Å². The third kappa shape index (κ3) is 2.19. The predicted molar refractivity (Wildman–Crippen MR) is 77.8 cm³/mol. The minimum absolute atomic E-state index is 0.413. The van der Waals surface area contributed by atoms with Crippen LogP contribution < -0.4 is 5.32 Å². The fourth-order valence-electron chi connectivity index (χ4n) is 2.76. The van der Waals surface area contributed by atoms with Crippen LogP contribution in [0.4, 0.5) is 0 Å². The molecule has 0 amide bonds. The molecule has 0 bridgehead atoms. The van der Waals surface area contributed by atoms with E-state index in [1.54, 1.807) is 16.4 Å². The van der Waals surface area contributed by atoms with Gasteiger partial charge in [-0.1, -0.05) is 0 Å². The Morgan fingerprint density at radius 2 is 1.67 bits per heavy atom. The SMILES string of the molecule is O=S(=O)(c1ccc(I)cc1)N1CC2CNCC2C1. The number of fused-ring (bicyclic) bond motifs is 1. The highest BCUT2D eigenvalue weighted by Crippen LogP contribution is 2.30. The number of sulfonamides is 1. The molecule has 0 saturated carbocycles. The van der Waals surface area contributed by atoms with E-state index in [0.717, 1.165) is 16.7 Å². The van der Waals surface area contributed by atoms with Gasteiger partial charge in [0.2, 0.25) is 10.0 Å². The number of hydrogen-bond donors (Lipinski definition) is 1. The Morgan fingerprint density at radius 3 is 2.22 bits per heavy atom. The Hall–Kier alpha value is -0.180. The molecular formula is C12H15IN2O2S. The molecule has 18 heavy (non-hydrogen) atoms. The van der Waals surface area contributed by atoms with Crippen molar-refractivity contribution in [2.75, 3.05) is 26.2 Å². The maximum Gasteiger partial charge on any atom is 0.243 e. The Kier molecular flexibility index (Phi) is 3.38. The van der Waals surface area contributed by atoms with Crippen molar-refractivity contribution in [2.24, 2.45) is 11.8 Å². The summed E-state index contributed by atoms with van der Waals surface area (Å²) < 4.78 is 27.7. The lowest BCUT2D eigenvalue weighted by Crippen LogP contribution is -2.31. The number of nitrogens with zero attached hydrogens (tertiary/aromatic N) is 1. The van der Waals surface area contributed by atoms with E-state index >= 15 is 0 Å². The molecule has 6 heteroatoms. The Labute approximate surface area is 121 Å². The van der Waals surface area contributed by atoms with E-state index in [1.165, 1.54) is 0 Å². The van der Waals surface area contributed by atoms with Gasteiger partial charge >= 0.3 is 0 Å². The average molecular weight is 378 g/mol. The molecule has 0 spiro atoms. The van der Waals surface area contributed by atoms with Gasteiger partial charge in [-0.05, 0) is 71.8 Å². The van der Waals surface area contributed by atoms with Crippen LogP contribution in [0.15, 0.2) is 29.2 Å². The van der Waals surface area contributed by atoms with Crippen LogP contribution >= 0.6 is 22.6 Å². The normalized spacial score (nSPS) is 28.5. The number of halogens is 1. The van der Waals surface area contributed by atoms with Gasteiger partial charge in [-0.25, -0.2) is 8.42 Å². The summed E-state index contributed by atoms with van der Waals surface area (Å²) in [6.45, 7) is 3.21. The van der Waals surface area contributed by atoms with E-state index in [0.29, 0.717) is 29.8 Å². The highest BCUT2D eigenvalue weighted by molar-refractivity contribution is 14.1. The van der Waals surface area contributed by atoms with Crippen molar-refractivity contribution in [3.63, 3.8) is 0 Å². The van der Waals surface area contributed by atoms with Crippen LogP contribution in [0.25, 0.3) is 0 Å². The lowest BCUT2D eigenvalue weighted by Gasteiger charge is -2.17. The lowest BCUT2D eigenvalue weighted by atomic mass is 10.0. The van der Waals surface area contributed by atoms with E-state index in [9.17, 15) is 8.42 Å². The quantitative estimate of drug-likeness (QED) is 0.786. The summed E-state index contributed by atoms with van der Waals surface area (Å²) in [5, 5.41) is 3.32. The largest absolute Gasteiger partial charge is 0.316 e. The first-order valence-corrected chi connectivity index (χ1v) is 8.56. The molecule has 4 nitrogen and oxygen atoms in total. The number of benzene rings is 1. The molecule has 2 fully saturated rings. The number of hydrogen-bond acceptors (Lipinski definition) is 3. The zero-order valence-corrected chi connectivity index (χ0v) is 12.8. The number of nitrogens with one attached hydrogen (secondary N) is 1. The van der Waals surface area contributed by atoms with Crippen molar-refractivity contribution in [1.82, 2.24) is 9.62 Å². The lowest BCUT2D eigenvalue weighted by molar-refractivity contribution is 0.448. The first kappa shape index (κ1) is 12.8. The molecule has 2 aliphatic heterocycles. The monoisotopic (exact) mass is 378 g/mol. The summed E-state index contributed by atoms with van der Waals surface area (Å²) in [5.74, 6) is 0.979. The first-order chi connectivity index (χ1) is 8.57. The molecule has 2 heterocycles. The second kappa shape index (κ2) is 4.73. The van der Waals surface area contributed by atoms with Gasteiger partial charge in [0.1, 0.15) is 0 Å². The van der Waals surface area contributed by atoms with E-state index in [1.807, 2.05) is 12.1 Å². The summed E-state index contributed by atoms with van der Waals surface area (Å²) >= 11 is 2.18. The zero-order chi connectivity index (χ0) is 12.8. The molecule has 2 saturated heterocycles. The molecule has 2 atom stereocenters. The second-order valence-electron chi connectivity index (χ2n) is 4.95. The molecule has 1 N–H and O–H groups in total. The van der Waals surface area contributed by atoms with Gasteiger partial charge in [-0.15, -0.1) is 0 Å². The van der Waals surface area contributed by atoms with Crippen LogP contribution in [0.1, 0.15) is 0 Å². The Balaban J connectivity index is 1.85. The van der Waals surface area contributed by atoms with Crippen LogP contribution in [-0.4, -0.2) is 38.9 Å². The van der Waals surface area contributed by atoms with Crippen LogP contribution in [0.3, 0.4) is 0 Å². The van der Waals surface area contributed by atoms with Gasteiger partial charge in [0.15, 0.2) is 0 Å². The molecule has 3 rings (SSSR count). The minimum atomic E-state index is -3.30. The summed E-state index contributed by atoms with van der Waals surface area (Å²) in [4.78, 5) is 0.413. The third-order valence-electron chi connectivity index (χ3n) is 3.81. The zero-order valence-electron chi connectivity index (χ0n) is 9.84. The molecule has 0 aromatic heterocycles. The molecule has 0 aliphatic carbocycles. The molecule has 1 aromatic carbocycles. The highest BCUT2D eigenvalue weighted by Gasteiger charge is 2.41. The number of rotatable bonds is 2. The average Bonchev–Trinajstić information content (AvgIpc) is 2.89. The molecule has 1 aromatic rings. The van der Waals surface area contributed by atoms with Crippen LogP contribution in [0, 0.1) is 15.4 Å². The van der Waals surface area contributed by atoms with Crippen LogP contribution in [-0.2, 0) is 10.0 Å². The minimum Gasteiger partial charge on any atom is -0.316 e.